The molecule has 0 spiro atoms. The molecule has 0 aliphatic carbocycles. The Morgan fingerprint density at radius 3 is 2.52 bits per heavy atom. The molecule has 1 amide bonds. The molecule has 0 atom stereocenters. The summed E-state index contributed by atoms with van der Waals surface area (Å²) in [4.78, 5) is 18.7. The van der Waals surface area contributed by atoms with Crippen molar-refractivity contribution in [1.82, 2.24) is 15.2 Å². The van der Waals surface area contributed by atoms with E-state index in [9.17, 15) is 18.0 Å². The fourth-order valence-electron chi connectivity index (χ4n) is 3.26. The number of thiazole rings is 1. The zero-order valence-corrected chi connectivity index (χ0v) is 19.3. The third-order valence-electron chi connectivity index (χ3n) is 4.92. The Morgan fingerprint density at radius 1 is 1.09 bits per heavy atom. The van der Waals surface area contributed by atoms with Crippen molar-refractivity contribution in [3.63, 3.8) is 0 Å². The molecule has 2 aromatic carbocycles. The fourth-order valence-corrected chi connectivity index (χ4v) is 4.08. The highest BCUT2D eigenvalue weighted by Crippen LogP contribution is 2.30. The molecule has 0 saturated heterocycles. The zero-order valence-electron chi connectivity index (χ0n) is 18.5. The molecule has 0 saturated carbocycles. The molecule has 0 fully saturated rings. The van der Waals surface area contributed by atoms with Gasteiger partial charge in [0.2, 0.25) is 0 Å². The first-order valence-electron chi connectivity index (χ1n) is 10.4. The van der Waals surface area contributed by atoms with Gasteiger partial charge in [-0.1, -0.05) is 48.0 Å². The summed E-state index contributed by atoms with van der Waals surface area (Å²) in [5, 5.41) is 5.13. The lowest BCUT2D eigenvalue weighted by molar-refractivity contribution is -0.137. The molecule has 3 aromatic rings. The molecule has 176 valence electrons. The van der Waals surface area contributed by atoms with Crippen LogP contribution in [0.25, 0.3) is 0 Å². The normalized spacial score (nSPS) is 11.7. The van der Waals surface area contributed by atoms with Gasteiger partial charge < -0.3 is 10.1 Å². The van der Waals surface area contributed by atoms with Crippen LogP contribution in [-0.4, -0.2) is 36.1 Å². The van der Waals surface area contributed by atoms with Crippen molar-refractivity contribution in [2.75, 3.05) is 20.3 Å². The van der Waals surface area contributed by atoms with Crippen molar-refractivity contribution in [2.24, 2.45) is 0 Å². The number of rotatable bonds is 10. The van der Waals surface area contributed by atoms with Gasteiger partial charge in [-0.3, -0.25) is 9.69 Å². The molecule has 0 radical (unpaired) electrons. The van der Waals surface area contributed by atoms with Crippen molar-refractivity contribution < 1.29 is 22.7 Å². The predicted molar refractivity (Wildman–Crippen MR) is 122 cm³/mol. The van der Waals surface area contributed by atoms with Gasteiger partial charge in [-0.25, -0.2) is 4.98 Å². The van der Waals surface area contributed by atoms with Crippen LogP contribution in [0.3, 0.4) is 0 Å². The number of benzene rings is 2. The Labute approximate surface area is 195 Å². The minimum atomic E-state index is -4.39. The summed E-state index contributed by atoms with van der Waals surface area (Å²) in [7, 11) is 1.56. The number of hydrogen-bond donors (Lipinski definition) is 1. The van der Waals surface area contributed by atoms with E-state index < -0.39 is 11.7 Å². The van der Waals surface area contributed by atoms with E-state index in [1.807, 2.05) is 36.1 Å². The predicted octanol–water partition coefficient (Wildman–Crippen LogP) is 5.05. The summed E-state index contributed by atoms with van der Waals surface area (Å²) < 4.78 is 44.4. The SMILES string of the molecule is COCCNC(=O)c1csc(CN(Cc2ccc(C)cc2)Cc2cccc(C(F)(F)F)c2)n1. The Balaban J connectivity index is 1.76. The van der Waals surface area contributed by atoms with Gasteiger partial charge in [0.15, 0.2) is 0 Å². The first-order valence-corrected chi connectivity index (χ1v) is 11.3. The summed E-state index contributed by atoms with van der Waals surface area (Å²) in [6.07, 6.45) is -4.39. The molecule has 0 aliphatic heterocycles. The van der Waals surface area contributed by atoms with Crippen molar-refractivity contribution in [1.29, 1.82) is 0 Å². The molecular weight excluding hydrogens is 451 g/mol. The third kappa shape index (κ3) is 7.66. The molecule has 9 heteroatoms. The van der Waals surface area contributed by atoms with Crippen LogP contribution in [0.1, 0.15) is 37.7 Å². The number of ether oxygens (including phenoxy) is 1. The van der Waals surface area contributed by atoms with Crippen LogP contribution >= 0.6 is 11.3 Å². The van der Waals surface area contributed by atoms with Crippen molar-refractivity contribution in [2.45, 2.75) is 32.7 Å². The topological polar surface area (TPSA) is 54.5 Å². The van der Waals surface area contributed by atoms with Gasteiger partial charge in [0.1, 0.15) is 10.7 Å². The van der Waals surface area contributed by atoms with E-state index in [1.165, 1.54) is 23.5 Å². The number of aromatic nitrogens is 1. The monoisotopic (exact) mass is 477 g/mol. The summed E-state index contributed by atoms with van der Waals surface area (Å²) in [6, 6.07) is 13.4. The molecule has 1 N–H and O–H groups in total. The third-order valence-corrected chi connectivity index (χ3v) is 5.76. The lowest BCUT2D eigenvalue weighted by atomic mass is 10.1. The maximum atomic E-state index is 13.2. The maximum Gasteiger partial charge on any atom is 0.416 e. The van der Waals surface area contributed by atoms with Crippen LogP contribution in [0.4, 0.5) is 13.2 Å². The molecule has 0 unspecified atom stereocenters. The molecular formula is C24H26F3N3O2S. The van der Waals surface area contributed by atoms with Crippen LogP contribution in [-0.2, 0) is 30.5 Å². The Morgan fingerprint density at radius 2 is 1.82 bits per heavy atom. The van der Waals surface area contributed by atoms with Crippen LogP contribution in [0.15, 0.2) is 53.9 Å². The number of nitrogens with zero attached hydrogens (tertiary/aromatic N) is 2. The number of methoxy groups -OCH3 is 1. The number of alkyl halides is 3. The minimum absolute atomic E-state index is 0.280. The maximum absolute atomic E-state index is 13.2. The van der Waals surface area contributed by atoms with Gasteiger partial charge in [-0.15, -0.1) is 11.3 Å². The highest BCUT2D eigenvalue weighted by molar-refractivity contribution is 7.09. The van der Waals surface area contributed by atoms with Gasteiger partial charge in [0.05, 0.1) is 18.7 Å². The quantitative estimate of drug-likeness (QED) is 0.415. The fraction of sp³-hybridized carbons (Fsp3) is 0.333. The number of nitrogens with one attached hydrogen (secondary N) is 1. The van der Waals surface area contributed by atoms with Gasteiger partial charge >= 0.3 is 6.18 Å². The number of hydrogen-bond acceptors (Lipinski definition) is 5. The van der Waals surface area contributed by atoms with Crippen LogP contribution in [0.5, 0.6) is 0 Å². The molecule has 0 bridgehead atoms. The van der Waals surface area contributed by atoms with Crippen molar-refractivity contribution in [3.8, 4) is 0 Å². The highest BCUT2D eigenvalue weighted by atomic mass is 32.1. The first kappa shape index (κ1) is 24.9. The summed E-state index contributed by atoms with van der Waals surface area (Å²) in [5.41, 5.74) is 2.39. The minimum Gasteiger partial charge on any atom is -0.383 e. The van der Waals surface area contributed by atoms with Crippen LogP contribution in [0, 0.1) is 6.92 Å². The highest BCUT2D eigenvalue weighted by Gasteiger charge is 2.30. The molecule has 5 nitrogen and oxygen atoms in total. The molecule has 33 heavy (non-hydrogen) atoms. The van der Waals surface area contributed by atoms with E-state index in [0.29, 0.717) is 49.1 Å². The first-order chi connectivity index (χ1) is 15.7. The van der Waals surface area contributed by atoms with Gasteiger partial charge in [0.25, 0.3) is 5.91 Å². The van der Waals surface area contributed by atoms with E-state index in [1.54, 1.807) is 18.6 Å². The Hall–Kier alpha value is -2.75. The van der Waals surface area contributed by atoms with Crippen molar-refractivity contribution in [3.05, 3.63) is 86.9 Å². The van der Waals surface area contributed by atoms with E-state index in [-0.39, 0.29) is 5.91 Å². The summed E-state index contributed by atoms with van der Waals surface area (Å²) in [5.74, 6) is -0.280. The zero-order chi connectivity index (χ0) is 23.8. The molecule has 1 heterocycles. The van der Waals surface area contributed by atoms with Gasteiger partial charge in [0, 0.05) is 32.1 Å². The number of carbonyl (C=O) groups excluding carboxylic acids is 1. The average Bonchev–Trinajstić information content (AvgIpc) is 3.23. The van der Waals surface area contributed by atoms with Crippen LogP contribution < -0.4 is 5.32 Å². The second-order valence-corrected chi connectivity index (χ2v) is 8.65. The number of aryl methyl sites for hydroxylation is 1. The Kier molecular flexibility index (Phi) is 8.60. The standard InChI is InChI=1S/C24H26F3N3O2S/c1-17-6-8-18(9-7-17)13-30(14-19-4-3-5-20(12-19)24(25,26)27)15-22-29-21(16-33-22)23(31)28-10-11-32-2/h3-9,12,16H,10-11,13-15H2,1-2H3,(H,28,31). The van der Waals surface area contributed by atoms with E-state index in [2.05, 4.69) is 10.3 Å². The molecule has 3 rings (SSSR count). The largest absolute Gasteiger partial charge is 0.416 e. The summed E-state index contributed by atoms with van der Waals surface area (Å²) in [6.45, 7) is 4.04. The molecule has 1 aromatic heterocycles. The smallest absolute Gasteiger partial charge is 0.383 e. The Bertz CT molecular complexity index is 1050. The molecule has 0 aliphatic rings. The second kappa shape index (κ2) is 11.4. The van der Waals surface area contributed by atoms with E-state index >= 15 is 0 Å². The lowest BCUT2D eigenvalue weighted by Gasteiger charge is -2.22. The lowest BCUT2D eigenvalue weighted by Crippen LogP contribution is -2.27. The van der Waals surface area contributed by atoms with Crippen LogP contribution in [0.2, 0.25) is 0 Å². The van der Waals surface area contributed by atoms with E-state index in [4.69, 9.17) is 4.74 Å². The number of carbonyl (C=O) groups is 1. The number of amides is 1. The average molecular weight is 478 g/mol. The van der Waals surface area contributed by atoms with Gasteiger partial charge in [-0.05, 0) is 24.1 Å². The van der Waals surface area contributed by atoms with E-state index in [0.717, 1.165) is 17.2 Å². The second-order valence-electron chi connectivity index (χ2n) is 7.70. The van der Waals surface area contributed by atoms with Gasteiger partial charge in [-0.2, -0.15) is 13.2 Å². The number of halogens is 3. The van der Waals surface area contributed by atoms with Crippen molar-refractivity contribution >= 4 is 17.2 Å². The summed E-state index contributed by atoms with van der Waals surface area (Å²) >= 11 is 1.35.